The fourth-order valence-corrected chi connectivity index (χ4v) is 4.87. The molecule has 0 aliphatic heterocycles. The Hall–Kier alpha value is -4.04. The molecule has 2 heterocycles. The Labute approximate surface area is 185 Å². The number of aromatic nitrogens is 4. The number of nitrogens with two attached hydrogens (primary N) is 1. The van der Waals surface area contributed by atoms with Gasteiger partial charge in [-0.05, 0) is 36.8 Å². The van der Waals surface area contributed by atoms with E-state index < -0.39 is 9.84 Å². The number of fused-ring (bicyclic) bond motifs is 1. The lowest BCUT2D eigenvalue weighted by molar-refractivity contribution is 0.586. The molecule has 0 fully saturated rings. The molecule has 5 rings (SSSR count). The molecule has 2 aromatic heterocycles. The number of nitrogens with zero attached hydrogens (tertiary/aromatic N) is 4. The quantitative estimate of drug-likeness (QED) is 0.420. The number of hydrogen-bond donors (Lipinski definition) is 1. The maximum absolute atomic E-state index is 13.3. The second-order valence-electron chi connectivity index (χ2n) is 7.39. The van der Waals surface area contributed by atoms with Crippen LogP contribution in [0, 0.1) is 6.92 Å². The third-order valence-electron chi connectivity index (χ3n) is 5.19. The number of nitrogen functional groups attached to an aromatic ring is 1. The monoisotopic (exact) mass is 441 g/mol. The van der Waals surface area contributed by atoms with Gasteiger partial charge in [-0.2, -0.15) is 9.50 Å². The van der Waals surface area contributed by atoms with Crippen molar-refractivity contribution in [2.24, 2.45) is 0 Å². The van der Waals surface area contributed by atoms with Crippen LogP contribution in [0.25, 0.3) is 28.3 Å². The Morgan fingerprint density at radius 3 is 2.22 bits per heavy atom. The minimum absolute atomic E-state index is 0.177. The minimum atomic E-state index is -3.91. The van der Waals surface area contributed by atoms with Crippen molar-refractivity contribution >= 4 is 21.3 Å². The Balaban J connectivity index is 1.76. The van der Waals surface area contributed by atoms with Crippen LogP contribution >= 0.6 is 0 Å². The van der Waals surface area contributed by atoms with Gasteiger partial charge in [-0.1, -0.05) is 60.7 Å². The van der Waals surface area contributed by atoms with Crippen molar-refractivity contribution in [3.8, 4) is 22.5 Å². The summed E-state index contributed by atoms with van der Waals surface area (Å²) in [7, 11) is -3.91. The van der Waals surface area contributed by atoms with Crippen molar-refractivity contribution in [3.63, 3.8) is 0 Å². The smallest absolute Gasteiger partial charge is 0.274 e. The molecule has 32 heavy (non-hydrogen) atoms. The van der Waals surface area contributed by atoms with E-state index in [-0.39, 0.29) is 15.8 Å². The zero-order valence-electron chi connectivity index (χ0n) is 17.2. The number of hydrogen-bond acceptors (Lipinski definition) is 6. The molecule has 7 nitrogen and oxygen atoms in total. The first-order valence-electron chi connectivity index (χ1n) is 9.93. The van der Waals surface area contributed by atoms with Gasteiger partial charge in [0.25, 0.3) is 10.9 Å². The summed E-state index contributed by atoms with van der Waals surface area (Å²) < 4.78 is 28.0. The second-order valence-corrected chi connectivity index (χ2v) is 9.20. The van der Waals surface area contributed by atoms with E-state index in [2.05, 4.69) is 15.1 Å². The molecule has 0 aliphatic carbocycles. The van der Waals surface area contributed by atoms with E-state index in [0.29, 0.717) is 22.6 Å². The summed E-state index contributed by atoms with van der Waals surface area (Å²) in [6, 6.07) is 25.6. The molecule has 158 valence electrons. The highest BCUT2D eigenvalue weighted by Gasteiger charge is 2.26. The van der Waals surface area contributed by atoms with Crippen LogP contribution in [-0.4, -0.2) is 28.0 Å². The van der Waals surface area contributed by atoms with Gasteiger partial charge in [0.05, 0.1) is 16.3 Å². The molecule has 5 aromatic rings. The Morgan fingerprint density at radius 1 is 0.812 bits per heavy atom. The van der Waals surface area contributed by atoms with Crippen molar-refractivity contribution in [1.29, 1.82) is 0 Å². The van der Waals surface area contributed by atoms with Gasteiger partial charge in [0.2, 0.25) is 9.84 Å². The van der Waals surface area contributed by atoms with E-state index in [9.17, 15) is 8.42 Å². The van der Waals surface area contributed by atoms with Gasteiger partial charge in [0.15, 0.2) is 0 Å². The Morgan fingerprint density at radius 2 is 1.50 bits per heavy atom. The summed E-state index contributed by atoms with van der Waals surface area (Å²) in [5.74, 6) is 0.199. The highest BCUT2D eigenvalue weighted by molar-refractivity contribution is 7.91. The van der Waals surface area contributed by atoms with Crippen molar-refractivity contribution in [2.75, 3.05) is 5.73 Å². The second kappa shape index (κ2) is 7.58. The molecule has 0 radical (unpaired) electrons. The highest BCUT2D eigenvalue weighted by Crippen LogP contribution is 2.28. The SMILES string of the molecule is Cc1ccccc1S(=O)(=O)c1nc2nc(-c3ccc(N)cc3)cc(-c3ccccc3)n2n1. The van der Waals surface area contributed by atoms with E-state index in [4.69, 9.17) is 5.73 Å². The standard InChI is InChI=1S/C24H19N5O2S/c1-16-7-5-6-10-22(16)32(30,31)24-27-23-26-20(17-11-13-19(25)14-12-17)15-21(29(23)28-24)18-8-3-2-4-9-18/h2-15H,25H2,1H3. The van der Waals surface area contributed by atoms with Crippen LogP contribution in [0.5, 0.6) is 0 Å². The molecular weight excluding hydrogens is 422 g/mol. The molecule has 0 saturated carbocycles. The summed E-state index contributed by atoms with van der Waals surface area (Å²) in [5, 5.41) is 4.08. The van der Waals surface area contributed by atoms with Crippen molar-refractivity contribution in [3.05, 3.63) is 90.5 Å². The fourth-order valence-electron chi connectivity index (χ4n) is 3.54. The van der Waals surface area contributed by atoms with Crippen molar-refractivity contribution < 1.29 is 8.42 Å². The number of anilines is 1. The average Bonchev–Trinajstić information content (AvgIpc) is 3.25. The topological polar surface area (TPSA) is 103 Å². The summed E-state index contributed by atoms with van der Waals surface area (Å²) in [6.45, 7) is 1.75. The molecular formula is C24H19N5O2S. The van der Waals surface area contributed by atoms with E-state index in [1.54, 1.807) is 43.3 Å². The van der Waals surface area contributed by atoms with Crippen LogP contribution in [0.1, 0.15) is 5.56 Å². The molecule has 3 aromatic carbocycles. The van der Waals surface area contributed by atoms with Gasteiger partial charge in [-0.15, -0.1) is 5.10 Å². The third kappa shape index (κ3) is 3.40. The zero-order valence-corrected chi connectivity index (χ0v) is 18.0. The number of benzene rings is 3. The predicted molar refractivity (Wildman–Crippen MR) is 123 cm³/mol. The molecule has 0 unspecified atom stereocenters. The molecule has 0 bridgehead atoms. The normalized spacial score (nSPS) is 11.7. The van der Waals surface area contributed by atoms with Gasteiger partial charge in [-0.25, -0.2) is 13.4 Å². The molecule has 0 aliphatic rings. The van der Waals surface area contributed by atoms with Gasteiger partial charge >= 0.3 is 0 Å². The Kier molecular flexibility index (Phi) is 4.71. The van der Waals surface area contributed by atoms with Crippen LogP contribution in [0.2, 0.25) is 0 Å². The van der Waals surface area contributed by atoms with Gasteiger partial charge < -0.3 is 5.73 Å². The lowest BCUT2D eigenvalue weighted by Gasteiger charge is -2.08. The molecule has 0 amide bonds. The molecule has 0 spiro atoms. The highest BCUT2D eigenvalue weighted by atomic mass is 32.2. The van der Waals surface area contributed by atoms with Gasteiger partial charge in [0.1, 0.15) is 0 Å². The maximum atomic E-state index is 13.3. The first kappa shape index (κ1) is 19.9. The lowest BCUT2D eigenvalue weighted by Crippen LogP contribution is -2.06. The van der Waals surface area contributed by atoms with Crippen LogP contribution < -0.4 is 5.73 Å². The van der Waals surface area contributed by atoms with Gasteiger partial charge in [-0.3, -0.25) is 0 Å². The first-order valence-corrected chi connectivity index (χ1v) is 11.4. The molecule has 8 heteroatoms. The Bertz CT molecular complexity index is 1540. The summed E-state index contributed by atoms with van der Waals surface area (Å²) in [5.41, 5.74) is 10.1. The fraction of sp³-hybridized carbons (Fsp3) is 0.0417. The van der Waals surface area contributed by atoms with Crippen LogP contribution in [0.15, 0.2) is 95.0 Å². The van der Waals surface area contributed by atoms with E-state index in [1.165, 1.54) is 4.52 Å². The average molecular weight is 442 g/mol. The van der Waals surface area contributed by atoms with Crippen molar-refractivity contribution in [2.45, 2.75) is 17.0 Å². The number of rotatable bonds is 4. The van der Waals surface area contributed by atoms with Crippen LogP contribution in [0.3, 0.4) is 0 Å². The van der Waals surface area contributed by atoms with Crippen molar-refractivity contribution in [1.82, 2.24) is 19.6 Å². The van der Waals surface area contributed by atoms with Crippen LogP contribution in [0.4, 0.5) is 5.69 Å². The largest absolute Gasteiger partial charge is 0.399 e. The maximum Gasteiger partial charge on any atom is 0.274 e. The summed E-state index contributed by atoms with van der Waals surface area (Å²) in [4.78, 5) is 9.09. The van der Waals surface area contributed by atoms with E-state index in [0.717, 1.165) is 11.1 Å². The molecule has 0 saturated heterocycles. The lowest BCUT2D eigenvalue weighted by atomic mass is 10.1. The molecule has 2 N–H and O–H groups in total. The van der Waals surface area contributed by atoms with Gasteiger partial charge in [0, 0.05) is 16.8 Å². The summed E-state index contributed by atoms with van der Waals surface area (Å²) >= 11 is 0. The number of aryl methyl sites for hydroxylation is 1. The summed E-state index contributed by atoms with van der Waals surface area (Å²) in [6.07, 6.45) is 0. The van der Waals surface area contributed by atoms with Crippen LogP contribution in [-0.2, 0) is 9.84 Å². The predicted octanol–water partition coefficient (Wildman–Crippen LogP) is 4.18. The minimum Gasteiger partial charge on any atom is -0.399 e. The first-order chi connectivity index (χ1) is 15.4. The zero-order chi connectivity index (χ0) is 22.3. The van der Waals surface area contributed by atoms with E-state index >= 15 is 0 Å². The third-order valence-corrected chi connectivity index (χ3v) is 6.88. The van der Waals surface area contributed by atoms with E-state index in [1.807, 2.05) is 48.5 Å². The molecule has 0 atom stereocenters. The number of sulfone groups is 1.